The molecule has 1 aromatic rings. The molecule has 0 fully saturated rings. The van der Waals surface area contributed by atoms with Crippen LogP contribution in [0.5, 0.6) is 0 Å². The number of likely N-dealkylation sites (N-methyl/N-ethyl adjacent to an activating group) is 1. The maximum atomic E-state index is 11.9. The molecule has 0 aliphatic carbocycles. The lowest BCUT2D eigenvalue weighted by molar-refractivity contribution is -0.117. The SMILES string of the molecule is CC(C)C(N)CCN(C)CC(=O)Nc1ccc(Br)cn1. The second-order valence-electron chi connectivity index (χ2n) is 5.34. The number of nitrogens with one attached hydrogen (secondary N) is 1. The third-order valence-electron chi connectivity index (χ3n) is 3.11. The first kappa shape index (κ1) is 17.1. The first-order chi connectivity index (χ1) is 9.38. The highest BCUT2D eigenvalue weighted by atomic mass is 79.9. The maximum absolute atomic E-state index is 11.9. The summed E-state index contributed by atoms with van der Waals surface area (Å²) in [5.74, 6) is 0.954. The molecule has 112 valence electrons. The Morgan fingerprint density at radius 2 is 2.20 bits per heavy atom. The Hall–Kier alpha value is -0.980. The molecule has 5 nitrogen and oxygen atoms in total. The zero-order chi connectivity index (χ0) is 15.1. The van der Waals surface area contributed by atoms with Crippen molar-refractivity contribution < 1.29 is 4.79 Å². The van der Waals surface area contributed by atoms with Gasteiger partial charge in [-0.3, -0.25) is 9.69 Å². The summed E-state index contributed by atoms with van der Waals surface area (Å²) in [5.41, 5.74) is 5.99. The number of aromatic nitrogens is 1. The molecule has 6 heteroatoms. The molecule has 1 heterocycles. The van der Waals surface area contributed by atoms with Gasteiger partial charge in [-0.1, -0.05) is 13.8 Å². The first-order valence-corrected chi connectivity index (χ1v) is 7.53. The minimum Gasteiger partial charge on any atom is -0.327 e. The molecule has 0 saturated carbocycles. The Balaban J connectivity index is 2.32. The molecule has 1 amide bonds. The summed E-state index contributed by atoms with van der Waals surface area (Å²) in [6, 6.07) is 3.78. The van der Waals surface area contributed by atoms with Crippen molar-refractivity contribution in [1.29, 1.82) is 0 Å². The topological polar surface area (TPSA) is 71.2 Å². The molecule has 1 atom stereocenters. The van der Waals surface area contributed by atoms with Crippen LogP contribution in [0.4, 0.5) is 5.82 Å². The van der Waals surface area contributed by atoms with E-state index in [1.165, 1.54) is 0 Å². The number of hydrogen-bond donors (Lipinski definition) is 2. The first-order valence-electron chi connectivity index (χ1n) is 6.74. The normalized spacial score (nSPS) is 12.8. The Morgan fingerprint density at radius 3 is 2.75 bits per heavy atom. The smallest absolute Gasteiger partial charge is 0.239 e. The summed E-state index contributed by atoms with van der Waals surface area (Å²) in [7, 11) is 1.92. The monoisotopic (exact) mass is 342 g/mol. The molecule has 0 radical (unpaired) electrons. The van der Waals surface area contributed by atoms with E-state index in [2.05, 4.69) is 40.1 Å². The minimum absolute atomic E-state index is 0.0690. The molecule has 1 unspecified atom stereocenters. The summed E-state index contributed by atoms with van der Waals surface area (Å²) in [4.78, 5) is 17.9. The average Bonchev–Trinajstić information content (AvgIpc) is 2.38. The fourth-order valence-corrected chi connectivity index (χ4v) is 1.89. The van der Waals surface area contributed by atoms with Crippen molar-refractivity contribution in [2.24, 2.45) is 11.7 Å². The predicted molar refractivity (Wildman–Crippen MR) is 85.5 cm³/mol. The van der Waals surface area contributed by atoms with Gasteiger partial charge >= 0.3 is 0 Å². The van der Waals surface area contributed by atoms with Crippen LogP contribution in [0.15, 0.2) is 22.8 Å². The van der Waals surface area contributed by atoms with Gasteiger partial charge in [-0.2, -0.15) is 0 Å². The molecule has 1 rings (SSSR count). The van der Waals surface area contributed by atoms with Gasteiger partial charge in [-0.15, -0.1) is 0 Å². The highest BCUT2D eigenvalue weighted by molar-refractivity contribution is 9.10. The van der Waals surface area contributed by atoms with Crippen molar-refractivity contribution in [2.45, 2.75) is 26.3 Å². The summed E-state index contributed by atoms with van der Waals surface area (Å²) >= 11 is 3.30. The zero-order valence-corrected chi connectivity index (χ0v) is 13.9. The fourth-order valence-electron chi connectivity index (χ4n) is 1.66. The van der Waals surface area contributed by atoms with Gasteiger partial charge in [0.2, 0.25) is 5.91 Å². The van der Waals surface area contributed by atoms with Crippen LogP contribution >= 0.6 is 15.9 Å². The predicted octanol–water partition coefficient (Wildman–Crippen LogP) is 2.09. The van der Waals surface area contributed by atoms with E-state index in [1.807, 2.05) is 18.0 Å². The van der Waals surface area contributed by atoms with Gasteiger partial charge < -0.3 is 11.1 Å². The summed E-state index contributed by atoms with van der Waals surface area (Å²) in [6.45, 7) is 5.36. The third kappa shape index (κ3) is 6.45. The number of carbonyl (C=O) groups is 1. The van der Waals surface area contributed by atoms with Crippen molar-refractivity contribution in [3.05, 3.63) is 22.8 Å². The van der Waals surface area contributed by atoms with E-state index < -0.39 is 0 Å². The Labute approximate surface area is 129 Å². The number of halogens is 1. The maximum Gasteiger partial charge on any atom is 0.239 e. The standard InChI is InChI=1S/C14H23BrN4O/c1-10(2)12(16)6-7-19(3)9-14(20)18-13-5-4-11(15)8-17-13/h4-5,8,10,12H,6-7,9,16H2,1-3H3,(H,17,18,20). The van der Waals surface area contributed by atoms with Gasteiger partial charge in [0.15, 0.2) is 0 Å². The summed E-state index contributed by atoms with van der Waals surface area (Å²) < 4.78 is 0.885. The second kappa shape index (κ2) is 8.34. The highest BCUT2D eigenvalue weighted by Gasteiger charge is 2.11. The summed E-state index contributed by atoms with van der Waals surface area (Å²) in [6.07, 6.45) is 2.54. The lowest BCUT2D eigenvalue weighted by Gasteiger charge is -2.20. The van der Waals surface area contributed by atoms with Crippen LogP contribution in [0.25, 0.3) is 0 Å². The largest absolute Gasteiger partial charge is 0.327 e. The van der Waals surface area contributed by atoms with Crippen LogP contribution in [0, 0.1) is 5.92 Å². The van der Waals surface area contributed by atoms with E-state index in [0.717, 1.165) is 17.4 Å². The summed E-state index contributed by atoms with van der Waals surface area (Å²) in [5, 5.41) is 2.77. The highest BCUT2D eigenvalue weighted by Crippen LogP contribution is 2.10. The van der Waals surface area contributed by atoms with E-state index >= 15 is 0 Å². The number of hydrogen-bond acceptors (Lipinski definition) is 4. The molecule has 0 spiro atoms. The minimum atomic E-state index is -0.0690. The Kier molecular flexibility index (Phi) is 7.12. The molecule has 0 saturated heterocycles. The molecular weight excluding hydrogens is 320 g/mol. The number of carbonyl (C=O) groups excluding carboxylic acids is 1. The van der Waals surface area contributed by atoms with Crippen LogP contribution in [0.3, 0.4) is 0 Å². The number of rotatable bonds is 7. The molecular formula is C14H23BrN4O. The molecule has 3 N–H and O–H groups in total. The second-order valence-corrected chi connectivity index (χ2v) is 6.26. The number of nitrogens with two attached hydrogens (primary N) is 1. The number of anilines is 1. The number of nitrogens with zero attached hydrogens (tertiary/aromatic N) is 2. The van der Waals surface area contributed by atoms with Gasteiger partial charge in [0.05, 0.1) is 6.54 Å². The third-order valence-corrected chi connectivity index (χ3v) is 3.58. The average molecular weight is 343 g/mol. The van der Waals surface area contributed by atoms with Crippen molar-refractivity contribution >= 4 is 27.7 Å². The van der Waals surface area contributed by atoms with Crippen molar-refractivity contribution in [1.82, 2.24) is 9.88 Å². The van der Waals surface area contributed by atoms with E-state index in [4.69, 9.17) is 5.73 Å². The molecule has 0 bridgehead atoms. The van der Waals surface area contributed by atoms with Crippen LogP contribution in [0.2, 0.25) is 0 Å². The Morgan fingerprint density at radius 1 is 1.50 bits per heavy atom. The van der Waals surface area contributed by atoms with E-state index in [9.17, 15) is 4.79 Å². The van der Waals surface area contributed by atoms with Gasteiger partial charge in [-0.25, -0.2) is 4.98 Å². The Bertz CT molecular complexity index is 422. The van der Waals surface area contributed by atoms with E-state index in [1.54, 1.807) is 12.3 Å². The fraction of sp³-hybridized carbons (Fsp3) is 0.571. The van der Waals surface area contributed by atoms with Gasteiger partial charge in [0.1, 0.15) is 5.82 Å². The molecule has 20 heavy (non-hydrogen) atoms. The van der Waals surface area contributed by atoms with E-state index in [0.29, 0.717) is 18.3 Å². The molecule has 0 aliphatic heterocycles. The van der Waals surface area contributed by atoms with Crippen molar-refractivity contribution in [2.75, 3.05) is 25.5 Å². The van der Waals surface area contributed by atoms with E-state index in [-0.39, 0.29) is 11.9 Å². The van der Waals surface area contributed by atoms with Crippen LogP contribution in [-0.2, 0) is 4.79 Å². The number of amides is 1. The molecule has 0 aliphatic rings. The lowest BCUT2D eigenvalue weighted by atomic mass is 10.0. The van der Waals surface area contributed by atoms with Crippen molar-refractivity contribution in [3.63, 3.8) is 0 Å². The van der Waals surface area contributed by atoms with Crippen LogP contribution in [-0.4, -0.2) is 42.0 Å². The molecule has 1 aromatic heterocycles. The van der Waals surface area contributed by atoms with Gasteiger partial charge in [0, 0.05) is 16.7 Å². The van der Waals surface area contributed by atoms with Gasteiger partial charge in [0.25, 0.3) is 0 Å². The van der Waals surface area contributed by atoms with Gasteiger partial charge in [-0.05, 0) is 54.0 Å². The molecule has 0 aromatic carbocycles. The lowest BCUT2D eigenvalue weighted by Crippen LogP contribution is -2.35. The quantitative estimate of drug-likeness (QED) is 0.795. The number of pyridine rings is 1. The van der Waals surface area contributed by atoms with Crippen LogP contribution in [0.1, 0.15) is 20.3 Å². The van der Waals surface area contributed by atoms with Crippen molar-refractivity contribution in [3.8, 4) is 0 Å². The van der Waals surface area contributed by atoms with Crippen LogP contribution < -0.4 is 11.1 Å². The zero-order valence-electron chi connectivity index (χ0n) is 12.3.